The maximum atomic E-state index is 14.2. The van der Waals surface area contributed by atoms with Crippen LogP contribution in [0.3, 0.4) is 0 Å². The van der Waals surface area contributed by atoms with Crippen LogP contribution in [0.25, 0.3) is 0 Å². The molecule has 0 bridgehead atoms. The van der Waals surface area contributed by atoms with E-state index in [2.05, 4.69) is 10.0 Å². The van der Waals surface area contributed by atoms with Crippen molar-refractivity contribution in [1.82, 2.24) is 30.1 Å². The van der Waals surface area contributed by atoms with Gasteiger partial charge in [0.25, 0.3) is 0 Å². The van der Waals surface area contributed by atoms with Crippen molar-refractivity contribution in [2.75, 3.05) is 41.9 Å². The molecule has 0 aromatic heterocycles. The number of nitrogens with one attached hydrogen (secondary N) is 3. The van der Waals surface area contributed by atoms with Crippen LogP contribution in [0.1, 0.15) is 85.3 Å². The smallest absolute Gasteiger partial charge is 0.379 e. The van der Waals surface area contributed by atoms with E-state index in [9.17, 15) is 45.6 Å². The number of carbonyl (C=O) groups excluding carboxylic acids is 5. The van der Waals surface area contributed by atoms with Gasteiger partial charge in [-0.3, -0.25) is 33.6 Å². The van der Waals surface area contributed by atoms with E-state index in [1.54, 1.807) is 22.2 Å². The first-order valence-electron chi connectivity index (χ1n) is 20.4. The first-order valence-corrected chi connectivity index (χ1v) is 22.0. The fraction of sp³-hybridized carbons (Fsp3) is 0.732. The molecule has 8 atom stereocenters. The zero-order chi connectivity index (χ0) is 45.9. The van der Waals surface area contributed by atoms with Crippen molar-refractivity contribution in [1.29, 1.82) is 0 Å². The fourth-order valence-corrected chi connectivity index (χ4v) is 9.14. The lowest BCUT2D eigenvalue weighted by atomic mass is 9.89. The molecule has 0 aliphatic carbocycles. The highest BCUT2D eigenvalue weighted by atomic mass is 32.2. The third-order valence-electron chi connectivity index (χ3n) is 11.3. The number of rotatable bonds is 22. The molecule has 1 saturated heterocycles. The van der Waals surface area contributed by atoms with Gasteiger partial charge in [-0.15, -0.1) is 0 Å². The van der Waals surface area contributed by atoms with Crippen LogP contribution in [0.15, 0.2) is 24.3 Å². The Labute approximate surface area is 353 Å². The highest BCUT2D eigenvalue weighted by Crippen LogP contribution is 2.30. The lowest BCUT2D eigenvalue weighted by molar-refractivity contribution is -0.173. The number of likely N-dealkylation sites (tertiary alicyclic amines) is 1. The van der Waals surface area contributed by atoms with Gasteiger partial charge >= 0.3 is 12.1 Å². The van der Waals surface area contributed by atoms with Gasteiger partial charge < -0.3 is 29.9 Å². The molecule has 15 nitrogen and oxygen atoms in total. The summed E-state index contributed by atoms with van der Waals surface area (Å²) < 4.78 is 77.4. The second kappa shape index (κ2) is 22.9. The van der Waals surface area contributed by atoms with Crippen LogP contribution in [-0.2, 0) is 55.8 Å². The van der Waals surface area contributed by atoms with Crippen molar-refractivity contribution in [3.63, 3.8) is 0 Å². The number of hydrogen-bond acceptors (Lipinski definition) is 10. The maximum absolute atomic E-state index is 14.2. The van der Waals surface area contributed by atoms with E-state index < -0.39 is 82.6 Å². The van der Waals surface area contributed by atoms with Gasteiger partial charge in [-0.2, -0.15) is 13.2 Å². The summed E-state index contributed by atoms with van der Waals surface area (Å²) in [5.41, 5.74) is 0.549. The Hall–Kier alpha value is -3.81. The molecule has 342 valence electrons. The van der Waals surface area contributed by atoms with Crippen LogP contribution in [0, 0.1) is 23.7 Å². The topological polar surface area (TPSA) is 184 Å². The molecule has 1 aliphatic heterocycles. The summed E-state index contributed by atoms with van der Waals surface area (Å²) in [6, 6.07) is 3.05. The van der Waals surface area contributed by atoms with Crippen LogP contribution in [0.2, 0.25) is 0 Å². The molecule has 0 saturated carbocycles. The average Bonchev–Trinajstić information content (AvgIpc) is 3.64. The van der Waals surface area contributed by atoms with Crippen LogP contribution in [0.5, 0.6) is 0 Å². The Kier molecular flexibility index (Phi) is 19.9. The van der Waals surface area contributed by atoms with E-state index in [0.29, 0.717) is 31.4 Å². The quantitative estimate of drug-likeness (QED) is 0.156. The minimum atomic E-state index is -5.04. The molecule has 0 radical (unpaired) electrons. The Morgan fingerprint density at radius 1 is 0.900 bits per heavy atom. The predicted octanol–water partition coefficient (Wildman–Crippen LogP) is 3.46. The number of methoxy groups -OCH3 is 2. The van der Waals surface area contributed by atoms with Crippen LogP contribution >= 0.6 is 0 Å². The first kappa shape index (κ1) is 52.3. The van der Waals surface area contributed by atoms with Crippen molar-refractivity contribution < 1.29 is 55.0 Å². The first-order chi connectivity index (χ1) is 27.8. The van der Waals surface area contributed by atoms with E-state index in [1.807, 2.05) is 60.5 Å². The molecular weight excluding hydrogens is 810 g/mol. The normalized spacial score (nSPS) is 18.4. The number of carbonyl (C=O) groups is 5. The summed E-state index contributed by atoms with van der Waals surface area (Å²) in [7, 11) is 3.91. The molecule has 0 spiro atoms. The zero-order valence-corrected chi connectivity index (χ0v) is 37.9. The molecule has 60 heavy (non-hydrogen) atoms. The van der Waals surface area contributed by atoms with Gasteiger partial charge in [-0.05, 0) is 55.8 Å². The van der Waals surface area contributed by atoms with E-state index in [1.165, 1.54) is 45.4 Å². The molecule has 2 rings (SSSR count). The van der Waals surface area contributed by atoms with Gasteiger partial charge in [0.1, 0.15) is 6.04 Å². The maximum Gasteiger partial charge on any atom is 0.471 e. The second-order valence-electron chi connectivity index (χ2n) is 16.7. The van der Waals surface area contributed by atoms with Crippen molar-refractivity contribution >= 4 is 39.6 Å². The molecule has 5 amide bonds. The minimum Gasteiger partial charge on any atom is -0.379 e. The summed E-state index contributed by atoms with van der Waals surface area (Å²) in [4.78, 5) is 71.3. The zero-order valence-electron chi connectivity index (χ0n) is 37.1. The minimum absolute atomic E-state index is 0.00319. The number of likely N-dealkylation sites (N-methyl/N-ethyl adjacent to an activating group) is 2. The number of alkyl halides is 3. The van der Waals surface area contributed by atoms with Gasteiger partial charge in [0.05, 0.1) is 48.4 Å². The van der Waals surface area contributed by atoms with Gasteiger partial charge in [-0.1, -0.05) is 79.2 Å². The summed E-state index contributed by atoms with van der Waals surface area (Å²) in [5, 5.41) is 4.72. The monoisotopic (exact) mass is 876 g/mol. The van der Waals surface area contributed by atoms with Crippen molar-refractivity contribution in [2.45, 2.75) is 129 Å². The lowest BCUT2D eigenvalue weighted by Gasteiger charge is -2.41. The number of amides is 5. The van der Waals surface area contributed by atoms with Crippen LogP contribution in [0.4, 0.5) is 13.2 Å². The molecule has 19 heteroatoms. The van der Waals surface area contributed by atoms with E-state index >= 15 is 0 Å². The SMILES string of the molecule is CC[C@H](C)[C@@H]([C@H](CC(=O)N1CCC[C@H]1[C@H](OC)[C@@H](C)C(=O)NS(=O)(=O)Cc1ccc(CNC(=O)C(F)(F)F)cc1)OC)N(C)C(=O)[C@@H](NC(=O)[C@H](C(C)C)N(C)C)C(C)C. The third-order valence-corrected chi connectivity index (χ3v) is 12.5. The molecule has 1 heterocycles. The number of sulfonamides is 1. The second-order valence-corrected chi connectivity index (χ2v) is 18.4. The highest BCUT2D eigenvalue weighted by molar-refractivity contribution is 7.89. The molecular formula is C41H67F3N6O9S. The van der Waals surface area contributed by atoms with Gasteiger partial charge in [0, 0.05) is 34.4 Å². The molecule has 1 aromatic rings. The number of ether oxygens (including phenoxy) is 2. The lowest BCUT2D eigenvalue weighted by Crippen LogP contribution is -2.59. The fourth-order valence-electron chi connectivity index (χ4n) is 7.95. The predicted molar refractivity (Wildman–Crippen MR) is 220 cm³/mol. The summed E-state index contributed by atoms with van der Waals surface area (Å²) in [5.74, 6) is -5.79. The van der Waals surface area contributed by atoms with Crippen molar-refractivity contribution in [3.8, 4) is 0 Å². The Morgan fingerprint density at radius 2 is 1.48 bits per heavy atom. The van der Waals surface area contributed by atoms with Gasteiger partial charge in [-0.25, -0.2) is 8.42 Å². The summed E-state index contributed by atoms with van der Waals surface area (Å²) >= 11 is 0. The van der Waals surface area contributed by atoms with Crippen molar-refractivity contribution in [2.24, 2.45) is 23.7 Å². The van der Waals surface area contributed by atoms with Gasteiger partial charge in [0.2, 0.25) is 33.7 Å². The molecule has 1 aliphatic rings. The standard InChI is InChI=1S/C41H67F3N6O9S/c1-13-26(6)35(49(10)39(54)33(24(2)3)46-38(53)34(25(4)5)48(8)9)31(58-11)21-32(51)50-20-14-15-30(50)36(59-12)27(7)37(52)47-60(56,57)23-29-18-16-28(17-19-29)22-45-40(55)41(42,43)44/h16-19,24-27,30-31,33-36H,13-15,20-23H2,1-12H3,(H,45,55)(H,46,53)(H,47,52)/t26-,27+,30-,31-,33-,34-,35-,36+/m0/s1. The number of halogens is 3. The van der Waals surface area contributed by atoms with Crippen LogP contribution < -0.4 is 15.4 Å². The molecule has 3 N–H and O–H groups in total. The molecule has 1 aromatic carbocycles. The molecule has 0 unspecified atom stereocenters. The highest BCUT2D eigenvalue weighted by Gasteiger charge is 2.44. The Morgan fingerprint density at radius 3 is 1.97 bits per heavy atom. The molecule has 1 fully saturated rings. The number of benzene rings is 1. The van der Waals surface area contributed by atoms with Gasteiger partial charge in [0.15, 0.2) is 0 Å². The van der Waals surface area contributed by atoms with E-state index in [4.69, 9.17) is 9.47 Å². The Balaban J connectivity index is 2.21. The van der Waals surface area contributed by atoms with E-state index in [0.717, 1.165) is 0 Å². The summed E-state index contributed by atoms with van der Waals surface area (Å²) in [6.45, 7) is 13.0. The Bertz CT molecular complexity index is 1700. The number of hydrogen-bond donors (Lipinski definition) is 3. The van der Waals surface area contributed by atoms with E-state index in [-0.39, 0.29) is 47.5 Å². The van der Waals surface area contributed by atoms with Crippen molar-refractivity contribution in [3.05, 3.63) is 35.4 Å². The number of nitrogens with zero attached hydrogens (tertiary/aromatic N) is 3. The summed E-state index contributed by atoms with van der Waals surface area (Å²) in [6.07, 6.45) is -5.02. The average molecular weight is 877 g/mol. The third kappa shape index (κ3) is 14.4. The largest absolute Gasteiger partial charge is 0.471 e. The van der Waals surface area contributed by atoms with Crippen LogP contribution in [-0.4, -0.2) is 137 Å².